The molecular formula is C11H25NO3S. The quantitative estimate of drug-likeness (QED) is 0.749. The van der Waals surface area contributed by atoms with Gasteiger partial charge in [-0.1, -0.05) is 34.6 Å². The minimum Gasteiger partial charge on any atom is -0.395 e. The molecule has 0 amide bonds. The van der Waals surface area contributed by atoms with Crippen LogP contribution < -0.4 is 4.72 Å². The molecular weight excluding hydrogens is 226 g/mol. The van der Waals surface area contributed by atoms with Crippen molar-refractivity contribution in [3.8, 4) is 0 Å². The molecule has 0 bridgehead atoms. The third-order valence-corrected chi connectivity index (χ3v) is 3.86. The normalized spacial score (nSPS) is 15.4. The van der Waals surface area contributed by atoms with Crippen molar-refractivity contribution in [1.29, 1.82) is 0 Å². The van der Waals surface area contributed by atoms with Crippen molar-refractivity contribution in [2.24, 2.45) is 11.3 Å². The molecule has 0 aromatic carbocycles. The van der Waals surface area contributed by atoms with Crippen molar-refractivity contribution < 1.29 is 13.5 Å². The summed E-state index contributed by atoms with van der Waals surface area (Å²) in [6.45, 7) is 9.63. The van der Waals surface area contributed by atoms with Crippen LogP contribution in [0.2, 0.25) is 0 Å². The highest BCUT2D eigenvalue weighted by molar-refractivity contribution is 7.89. The largest absolute Gasteiger partial charge is 0.395 e. The lowest BCUT2D eigenvalue weighted by atomic mass is 9.94. The van der Waals surface area contributed by atoms with Gasteiger partial charge in [0.05, 0.1) is 12.4 Å². The van der Waals surface area contributed by atoms with Crippen LogP contribution in [0.3, 0.4) is 0 Å². The molecule has 0 aliphatic rings. The Bertz CT molecular complexity index is 291. The van der Waals surface area contributed by atoms with Crippen LogP contribution in [0.4, 0.5) is 0 Å². The Morgan fingerprint density at radius 3 is 2.06 bits per heavy atom. The number of nitrogens with one attached hydrogen (secondary N) is 1. The van der Waals surface area contributed by atoms with E-state index in [9.17, 15) is 8.42 Å². The fraction of sp³-hybridized carbons (Fsp3) is 1.00. The lowest BCUT2D eigenvalue weighted by molar-refractivity contribution is 0.227. The fourth-order valence-corrected chi connectivity index (χ4v) is 2.92. The van der Waals surface area contributed by atoms with Crippen molar-refractivity contribution in [1.82, 2.24) is 4.72 Å². The van der Waals surface area contributed by atoms with Crippen LogP contribution in [0.1, 0.15) is 41.0 Å². The molecule has 0 spiro atoms. The molecule has 5 heteroatoms. The predicted molar refractivity (Wildman–Crippen MR) is 66.7 cm³/mol. The topological polar surface area (TPSA) is 66.4 Å². The molecule has 0 aliphatic carbocycles. The maximum atomic E-state index is 11.7. The van der Waals surface area contributed by atoms with Gasteiger partial charge in [-0.15, -0.1) is 0 Å². The van der Waals surface area contributed by atoms with Crippen LogP contribution in [-0.2, 0) is 10.0 Å². The Morgan fingerprint density at radius 2 is 1.75 bits per heavy atom. The lowest BCUT2D eigenvalue weighted by Gasteiger charge is -2.22. The van der Waals surface area contributed by atoms with Gasteiger partial charge < -0.3 is 5.11 Å². The van der Waals surface area contributed by atoms with Gasteiger partial charge in [0.25, 0.3) is 0 Å². The van der Waals surface area contributed by atoms with Crippen molar-refractivity contribution >= 4 is 10.0 Å². The van der Waals surface area contributed by atoms with E-state index in [0.717, 1.165) is 0 Å². The summed E-state index contributed by atoms with van der Waals surface area (Å²) in [4.78, 5) is 0. The summed E-state index contributed by atoms with van der Waals surface area (Å²) in [6, 6.07) is -0.384. The van der Waals surface area contributed by atoms with E-state index >= 15 is 0 Å². The smallest absolute Gasteiger partial charge is 0.211 e. The molecule has 1 atom stereocenters. The molecule has 0 rings (SSSR count). The number of hydrogen-bond donors (Lipinski definition) is 2. The van der Waals surface area contributed by atoms with E-state index in [-0.39, 0.29) is 29.7 Å². The molecule has 4 nitrogen and oxygen atoms in total. The molecule has 16 heavy (non-hydrogen) atoms. The van der Waals surface area contributed by atoms with E-state index < -0.39 is 10.0 Å². The zero-order chi connectivity index (χ0) is 13.0. The molecule has 0 aromatic heterocycles. The number of aliphatic hydroxyl groups excluding tert-OH is 1. The Labute approximate surface area is 99.5 Å². The molecule has 98 valence electrons. The van der Waals surface area contributed by atoms with Crippen molar-refractivity contribution in [2.75, 3.05) is 12.4 Å². The maximum absolute atomic E-state index is 11.7. The molecule has 0 radical (unpaired) electrons. The number of hydrogen-bond acceptors (Lipinski definition) is 3. The SMILES string of the molecule is CC(C)C(CO)NS(=O)(=O)CCC(C)(C)C. The monoisotopic (exact) mass is 251 g/mol. The van der Waals surface area contributed by atoms with Gasteiger partial charge in [-0.3, -0.25) is 0 Å². The number of aliphatic hydroxyl groups is 1. The maximum Gasteiger partial charge on any atom is 0.211 e. The van der Waals surface area contributed by atoms with Crippen molar-refractivity contribution in [3.63, 3.8) is 0 Å². The van der Waals surface area contributed by atoms with Gasteiger partial charge >= 0.3 is 0 Å². The molecule has 1 unspecified atom stereocenters. The second kappa shape index (κ2) is 5.98. The van der Waals surface area contributed by atoms with Gasteiger partial charge in [0, 0.05) is 6.04 Å². The van der Waals surface area contributed by atoms with Gasteiger partial charge in [-0.2, -0.15) is 0 Å². The minimum absolute atomic E-state index is 0.00128. The average molecular weight is 251 g/mol. The predicted octanol–water partition coefficient (Wildman–Crippen LogP) is 1.36. The van der Waals surface area contributed by atoms with E-state index in [2.05, 4.69) is 4.72 Å². The van der Waals surface area contributed by atoms with Gasteiger partial charge in [0.2, 0.25) is 10.0 Å². The van der Waals surface area contributed by atoms with Crippen LogP contribution in [-0.4, -0.2) is 31.9 Å². The summed E-state index contributed by atoms with van der Waals surface area (Å²) < 4.78 is 26.0. The van der Waals surface area contributed by atoms with Gasteiger partial charge in [-0.05, 0) is 17.8 Å². The van der Waals surface area contributed by atoms with Gasteiger partial charge in [-0.25, -0.2) is 13.1 Å². The zero-order valence-electron chi connectivity index (χ0n) is 10.9. The van der Waals surface area contributed by atoms with Crippen LogP contribution >= 0.6 is 0 Å². The highest BCUT2D eigenvalue weighted by Gasteiger charge is 2.22. The first-order valence-corrected chi connectivity index (χ1v) is 7.33. The Morgan fingerprint density at radius 1 is 1.25 bits per heavy atom. The van der Waals surface area contributed by atoms with Gasteiger partial charge in [0.15, 0.2) is 0 Å². The zero-order valence-corrected chi connectivity index (χ0v) is 11.8. The molecule has 0 heterocycles. The molecule has 0 aliphatic heterocycles. The second-order valence-electron chi connectivity index (χ2n) is 5.78. The van der Waals surface area contributed by atoms with E-state index in [1.165, 1.54) is 0 Å². The van der Waals surface area contributed by atoms with Crippen LogP contribution in [0.5, 0.6) is 0 Å². The highest BCUT2D eigenvalue weighted by atomic mass is 32.2. The summed E-state index contributed by atoms with van der Waals surface area (Å²) in [5.41, 5.74) is 0.00128. The molecule has 0 fully saturated rings. The van der Waals surface area contributed by atoms with E-state index in [1.807, 2.05) is 34.6 Å². The minimum atomic E-state index is -3.28. The first-order valence-electron chi connectivity index (χ1n) is 5.68. The Balaban J connectivity index is 4.35. The second-order valence-corrected chi connectivity index (χ2v) is 7.65. The summed E-state index contributed by atoms with van der Waals surface area (Å²) in [7, 11) is -3.28. The summed E-state index contributed by atoms with van der Waals surface area (Å²) >= 11 is 0. The fourth-order valence-electron chi connectivity index (χ4n) is 1.11. The Kier molecular flexibility index (Phi) is 5.93. The van der Waals surface area contributed by atoms with Crippen LogP contribution in [0, 0.1) is 11.3 Å². The molecule has 0 aromatic rings. The first-order chi connectivity index (χ1) is 7.07. The summed E-state index contributed by atoms with van der Waals surface area (Å²) in [6.07, 6.45) is 0.610. The average Bonchev–Trinajstić information content (AvgIpc) is 2.10. The third-order valence-electron chi connectivity index (χ3n) is 2.45. The van der Waals surface area contributed by atoms with Gasteiger partial charge in [0.1, 0.15) is 0 Å². The number of rotatable bonds is 6. The lowest BCUT2D eigenvalue weighted by Crippen LogP contribution is -2.42. The first kappa shape index (κ1) is 15.9. The summed E-state index contributed by atoms with van der Waals surface area (Å²) in [5.74, 6) is 0.203. The van der Waals surface area contributed by atoms with E-state index in [0.29, 0.717) is 6.42 Å². The molecule has 0 saturated carbocycles. The van der Waals surface area contributed by atoms with Crippen LogP contribution in [0.25, 0.3) is 0 Å². The highest BCUT2D eigenvalue weighted by Crippen LogP contribution is 2.19. The van der Waals surface area contributed by atoms with Crippen molar-refractivity contribution in [2.45, 2.75) is 47.1 Å². The Hall–Kier alpha value is -0.130. The van der Waals surface area contributed by atoms with E-state index in [4.69, 9.17) is 5.11 Å². The standard InChI is InChI=1S/C11H25NO3S/c1-9(2)10(8-13)12-16(14,15)7-6-11(3,4)5/h9-10,12-13H,6-8H2,1-5H3. The van der Waals surface area contributed by atoms with Crippen molar-refractivity contribution in [3.05, 3.63) is 0 Å². The molecule has 0 saturated heterocycles. The molecule has 2 N–H and O–H groups in total. The number of sulfonamides is 1. The van der Waals surface area contributed by atoms with Crippen LogP contribution in [0.15, 0.2) is 0 Å². The summed E-state index contributed by atoms with van der Waals surface area (Å²) in [5, 5.41) is 9.06. The third kappa shape index (κ3) is 7.19. The van der Waals surface area contributed by atoms with E-state index in [1.54, 1.807) is 0 Å².